The molecule has 254 valence electrons. The zero-order chi connectivity index (χ0) is 35.8. The summed E-state index contributed by atoms with van der Waals surface area (Å²) in [5, 5.41) is 7.39. The van der Waals surface area contributed by atoms with E-state index in [0.29, 0.717) is 0 Å². The Morgan fingerprint density at radius 3 is 1.64 bits per heavy atom. The lowest BCUT2D eigenvalue weighted by Crippen LogP contribution is -2.28. The second-order valence-electron chi connectivity index (χ2n) is 15.2. The van der Waals surface area contributed by atoms with Gasteiger partial charge in [0, 0.05) is 10.8 Å². The molecule has 55 heavy (non-hydrogen) atoms. The molecular weight excluding hydrogens is 667 g/mol. The third kappa shape index (κ3) is 3.72. The Morgan fingerprint density at radius 1 is 0.382 bits per heavy atom. The van der Waals surface area contributed by atoms with Gasteiger partial charge in [-0.2, -0.15) is 0 Å². The van der Waals surface area contributed by atoms with Crippen molar-refractivity contribution in [2.45, 2.75) is 5.41 Å². The molecule has 1 aliphatic carbocycles. The molecule has 12 aromatic rings. The van der Waals surface area contributed by atoms with Gasteiger partial charge in [0.15, 0.2) is 0 Å². The van der Waals surface area contributed by atoms with Gasteiger partial charge in [-0.3, -0.25) is 8.80 Å². The normalized spacial score (nSPS) is 13.6. The van der Waals surface area contributed by atoms with Gasteiger partial charge in [-0.15, -0.1) is 0 Å². The number of hydrogen-bond donors (Lipinski definition) is 0. The van der Waals surface area contributed by atoms with E-state index in [9.17, 15) is 0 Å². The lowest BCUT2D eigenvalue weighted by molar-refractivity contribution is 0.768. The molecule has 0 aliphatic heterocycles. The van der Waals surface area contributed by atoms with Crippen molar-refractivity contribution in [2.24, 2.45) is 0 Å². The highest BCUT2D eigenvalue weighted by molar-refractivity contribution is 6.20. The minimum Gasteiger partial charge on any atom is -0.277 e. The Kier molecular flexibility index (Phi) is 5.56. The first kappa shape index (κ1) is 29.2. The lowest BCUT2D eigenvalue weighted by Gasteiger charge is -2.34. The van der Waals surface area contributed by atoms with E-state index in [1.165, 1.54) is 93.4 Å². The molecule has 13 rings (SSSR count). The van der Waals surface area contributed by atoms with Crippen LogP contribution < -0.4 is 0 Å². The van der Waals surface area contributed by atoms with Crippen LogP contribution in [0.3, 0.4) is 0 Å². The molecule has 0 spiro atoms. The van der Waals surface area contributed by atoms with Crippen molar-refractivity contribution in [2.75, 3.05) is 0 Å². The summed E-state index contributed by atoms with van der Waals surface area (Å²) in [5.74, 6) is 0.950. The molecule has 3 heteroatoms. The summed E-state index contributed by atoms with van der Waals surface area (Å²) < 4.78 is 4.77. The molecule has 0 fully saturated rings. The highest BCUT2D eigenvalue weighted by Gasteiger charge is 2.45. The number of benzene rings is 9. The van der Waals surface area contributed by atoms with E-state index in [-0.39, 0.29) is 0 Å². The highest BCUT2D eigenvalue weighted by atomic mass is 15.2. The fourth-order valence-corrected chi connectivity index (χ4v) is 10.1. The van der Waals surface area contributed by atoms with E-state index in [1.807, 2.05) is 0 Å². The number of fused-ring (bicyclic) bond motifs is 13. The topological polar surface area (TPSA) is 21.7 Å². The summed E-state index contributed by atoms with van der Waals surface area (Å²) in [7, 11) is 0. The molecule has 3 nitrogen and oxygen atoms in total. The van der Waals surface area contributed by atoms with Crippen LogP contribution in [0.15, 0.2) is 188 Å². The Balaban J connectivity index is 1.09. The molecule has 9 aromatic carbocycles. The summed E-state index contributed by atoms with van der Waals surface area (Å²) in [6.45, 7) is 0. The first-order valence-electron chi connectivity index (χ1n) is 19.0. The highest BCUT2D eigenvalue weighted by Crippen LogP contribution is 2.56. The molecule has 3 aromatic heterocycles. The predicted molar refractivity (Wildman–Crippen MR) is 228 cm³/mol. The molecule has 3 heterocycles. The summed E-state index contributed by atoms with van der Waals surface area (Å²) in [5.41, 5.74) is 15.5. The zero-order valence-corrected chi connectivity index (χ0v) is 29.7. The van der Waals surface area contributed by atoms with Gasteiger partial charge in [0.1, 0.15) is 0 Å². The quantitative estimate of drug-likeness (QED) is 0.180. The molecule has 0 bridgehead atoms. The van der Waals surface area contributed by atoms with Crippen molar-refractivity contribution in [3.05, 3.63) is 210 Å². The molecular formula is C52H31N3. The van der Waals surface area contributed by atoms with Crippen LogP contribution in [-0.4, -0.2) is 13.8 Å². The van der Waals surface area contributed by atoms with Crippen LogP contribution >= 0.6 is 0 Å². The van der Waals surface area contributed by atoms with E-state index in [2.05, 4.69) is 197 Å². The molecule has 0 unspecified atom stereocenters. The molecule has 0 radical (unpaired) electrons. The van der Waals surface area contributed by atoms with Gasteiger partial charge in [-0.25, -0.2) is 4.98 Å². The van der Waals surface area contributed by atoms with E-state index < -0.39 is 5.41 Å². The average molecular weight is 698 g/mol. The van der Waals surface area contributed by atoms with Crippen molar-refractivity contribution >= 4 is 65.7 Å². The first-order valence-corrected chi connectivity index (χ1v) is 19.0. The van der Waals surface area contributed by atoms with Crippen molar-refractivity contribution in [3.63, 3.8) is 0 Å². The van der Waals surface area contributed by atoms with Crippen LogP contribution in [0.4, 0.5) is 0 Å². The van der Waals surface area contributed by atoms with E-state index in [0.717, 1.165) is 16.8 Å². The number of nitrogens with zero attached hydrogens (tertiary/aromatic N) is 3. The SMILES string of the molecule is c1ccc(C2(c3ccc(-c4cc5c6cc7ccccc7cc6n6c5c(c4)n4c5cc7ccccc7cc5nc46)cc3)c3ccccc3-c3ccccc32)cc1. The fourth-order valence-electron chi connectivity index (χ4n) is 10.1. The standard InChI is InChI=1S/C52H31N3/c1-2-16-38(17-3-1)52(44-20-10-8-18-40(44)41-19-9-11-21-45(41)52)39-24-22-32(23-25-39)37-27-43-42-26-33-12-4-6-14-35(33)29-47(42)55-50(43)49(31-37)54-48-30-36-15-7-5-13-34(36)28-46(48)53-51(54)55/h1-31H. The molecule has 0 saturated carbocycles. The van der Waals surface area contributed by atoms with Gasteiger partial charge in [0.2, 0.25) is 5.78 Å². The number of hydrogen-bond acceptors (Lipinski definition) is 1. The van der Waals surface area contributed by atoms with Gasteiger partial charge >= 0.3 is 0 Å². The smallest absolute Gasteiger partial charge is 0.220 e. The van der Waals surface area contributed by atoms with Gasteiger partial charge in [0.25, 0.3) is 0 Å². The minimum absolute atomic E-state index is 0.424. The van der Waals surface area contributed by atoms with E-state index in [1.54, 1.807) is 0 Å². The van der Waals surface area contributed by atoms with Crippen molar-refractivity contribution in [1.29, 1.82) is 0 Å². The molecule has 0 amide bonds. The summed E-state index contributed by atoms with van der Waals surface area (Å²) in [6.07, 6.45) is 0. The third-order valence-electron chi connectivity index (χ3n) is 12.5. The fraction of sp³-hybridized carbons (Fsp3) is 0.0192. The van der Waals surface area contributed by atoms with Crippen LogP contribution in [0.1, 0.15) is 22.3 Å². The number of rotatable bonds is 3. The Hall–Kier alpha value is -7.23. The second kappa shape index (κ2) is 10.5. The Morgan fingerprint density at radius 2 is 0.945 bits per heavy atom. The lowest BCUT2D eigenvalue weighted by atomic mass is 9.67. The zero-order valence-electron chi connectivity index (χ0n) is 29.7. The predicted octanol–water partition coefficient (Wildman–Crippen LogP) is 12.8. The number of aromatic nitrogens is 3. The Bertz CT molecular complexity index is 3490. The first-order chi connectivity index (χ1) is 27.3. The maximum absolute atomic E-state index is 5.34. The maximum Gasteiger partial charge on any atom is 0.220 e. The maximum atomic E-state index is 5.34. The average Bonchev–Trinajstić information content (AvgIpc) is 3.96. The van der Waals surface area contributed by atoms with Crippen LogP contribution in [0.25, 0.3) is 87.9 Å². The minimum atomic E-state index is -0.424. The van der Waals surface area contributed by atoms with E-state index in [4.69, 9.17) is 4.98 Å². The van der Waals surface area contributed by atoms with Crippen LogP contribution in [0.5, 0.6) is 0 Å². The summed E-state index contributed by atoms with van der Waals surface area (Å²) in [4.78, 5) is 5.34. The van der Waals surface area contributed by atoms with E-state index >= 15 is 0 Å². The third-order valence-corrected chi connectivity index (χ3v) is 12.5. The van der Waals surface area contributed by atoms with Gasteiger partial charge < -0.3 is 0 Å². The summed E-state index contributed by atoms with van der Waals surface area (Å²) >= 11 is 0. The second-order valence-corrected chi connectivity index (χ2v) is 15.2. The monoisotopic (exact) mass is 697 g/mol. The Labute approximate surface area is 316 Å². The van der Waals surface area contributed by atoms with Crippen LogP contribution in [0, 0.1) is 0 Å². The van der Waals surface area contributed by atoms with Crippen LogP contribution in [-0.2, 0) is 5.41 Å². The van der Waals surface area contributed by atoms with Crippen LogP contribution in [0.2, 0.25) is 0 Å². The van der Waals surface area contributed by atoms with Gasteiger partial charge in [-0.1, -0.05) is 152 Å². The molecule has 1 aliphatic rings. The number of imidazole rings is 2. The van der Waals surface area contributed by atoms with Gasteiger partial charge in [0.05, 0.1) is 33.0 Å². The van der Waals surface area contributed by atoms with Crippen molar-refractivity contribution in [1.82, 2.24) is 13.8 Å². The largest absolute Gasteiger partial charge is 0.277 e. The van der Waals surface area contributed by atoms with Crippen molar-refractivity contribution in [3.8, 4) is 22.3 Å². The molecule has 0 atom stereocenters. The van der Waals surface area contributed by atoms with Gasteiger partial charge in [-0.05, 0) is 102 Å². The molecule has 0 saturated heterocycles. The molecule has 0 N–H and O–H groups in total. The summed E-state index contributed by atoms with van der Waals surface area (Å²) in [6, 6.07) is 69.6. The van der Waals surface area contributed by atoms with Crippen molar-refractivity contribution < 1.29 is 0 Å².